The number of aliphatic carboxylic acids is 1. The van der Waals surface area contributed by atoms with Gasteiger partial charge in [0.1, 0.15) is 5.75 Å². The molecule has 19 heavy (non-hydrogen) atoms. The van der Waals surface area contributed by atoms with Gasteiger partial charge < -0.3 is 15.2 Å². The summed E-state index contributed by atoms with van der Waals surface area (Å²) < 4.78 is 5.14. The van der Waals surface area contributed by atoms with Crippen LogP contribution < -0.4 is 10.1 Å². The molecule has 0 aromatic heterocycles. The first kappa shape index (κ1) is 13.4. The minimum atomic E-state index is -0.926. The molecule has 0 saturated heterocycles. The molecule has 2 N–H and O–H groups in total. The van der Waals surface area contributed by atoms with Crippen molar-refractivity contribution in [2.75, 3.05) is 12.4 Å². The van der Waals surface area contributed by atoms with E-state index in [0.717, 1.165) is 0 Å². The van der Waals surface area contributed by atoms with Gasteiger partial charge in [0.15, 0.2) is 0 Å². The topological polar surface area (TPSA) is 75.6 Å². The van der Waals surface area contributed by atoms with Crippen LogP contribution in [0.1, 0.15) is 13.8 Å². The summed E-state index contributed by atoms with van der Waals surface area (Å²) in [5.41, 5.74) is 0.0552. The largest absolute Gasteiger partial charge is 0.495 e. The Kier molecular flexibility index (Phi) is 3.22. The number of nitrogens with one attached hydrogen (secondary N) is 1. The SMILES string of the molecule is COc1ccccc1NC(=O)[C@@H]1[C@H](C(=O)O)C1(C)C. The maximum absolute atomic E-state index is 12.1. The van der Waals surface area contributed by atoms with E-state index in [2.05, 4.69) is 5.32 Å². The number of hydrogen-bond acceptors (Lipinski definition) is 3. The average molecular weight is 263 g/mol. The van der Waals surface area contributed by atoms with Gasteiger partial charge in [0, 0.05) is 0 Å². The van der Waals surface area contributed by atoms with E-state index in [0.29, 0.717) is 11.4 Å². The molecule has 102 valence electrons. The van der Waals surface area contributed by atoms with Crippen LogP contribution in [0.4, 0.5) is 5.69 Å². The van der Waals surface area contributed by atoms with Gasteiger partial charge in [0.05, 0.1) is 24.6 Å². The number of carboxylic acids is 1. The van der Waals surface area contributed by atoms with Crippen molar-refractivity contribution in [1.82, 2.24) is 0 Å². The molecule has 1 aliphatic rings. The summed E-state index contributed by atoms with van der Waals surface area (Å²) in [7, 11) is 1.52. The van der Waals surface area contributed by atoms with Crippen LogP contribution in [0.15, 0.2) is 24.3 Å². The normalized spacial score (nSPS) is 23.5. The second-order valence-corrected chi connectivity index (χ2v) is 5.30. The zero-order chi connectivity index (χ0) is 14.2. The third kappa shape index (κ3) is 2.28. The van der Waals surface area contributed by atoms with Gasteiger partial charge in [-0.1, -0.05) is 26.0 Å². The van der Waals surface area contributed by atoms with Crippen LogP contribution in [0.25, 0.3) is 0 Å². The van der Waals surface area contributed by atoms with Gasteiger partial charge in [-0.25, -0.2) is 0 Å². The van der Waals surface area contributed by atoms with E-state index in [1.54, 1.807) is 38.1 Å². The van der Waals surface area contributed by atoms with Gasteiger partial charge in [0.2, 0.25) is 5.91 Å². The third-order valence-electron chi connectivity index (χ3n) is 3.74. The van der Waals surface area contributed by atoms with Crippen molar-refractivity contribution < 1.29 is 19.4 Å². The molecular weight excluding hydrogens is 246 g/mol. The lowest BCUT2D eigenvalue weighted by Crippen LogP contribution is -2.18. The zero-order valence-corrected chi connectivity index (χ0v) is 11.1. The highest BCUT2D eigenvalue weighted by Gasteiger charge is 2.65. The lowest BCUT2D eigenvalue weighted by molar-refractivity contribution is -0.140. The second kappa shape index (κ2) is 4.57. The Balaban J connectivity index is 2.13. The highest BCUT2D eigenvalue weighted by molar-refractivity contribution is 6.00. The Labute approximate surface area is 111 Å². The van der Waals surface area contributed by atoms with Crippen molar-refractivity contribution in [3.63, 3.8) is 0 Å². The van der Waals surface area contributed by atoms with Gasteiger partial charge in [0.25, 0.3) is 0 Å². The van der Waals surface area contributed by atoms with Crippen LogP contribution in [0, 0.1) is 17.3 Å². The summed E-state index contributed by atoms with van der Waals surface area (Å²) >= 11 is 0. The van der Waals surface area contributed by atoms with Gasteiger partial charge in [-0.05, 0) is 17.5 Å². The van der Waals surface area contributed by atoms with Gasteiger partial charge >= 0.3 is 5.97 Å². The van der Waals surface area contributed by atoms with E-state index in [9.17, 15) is 9.59 Å². The molecule has 0 spiro atoms. The Bertz CT molecular complexity index is 524. The van der Waals surface area contributed by atoms with E-state index in [1.807, 2.05) is 0 Å². The quantitative estimate of drug-likeness (QED) is 0.871. The standard InChI is InChI=1S/C14H17NO4/c1-14(2)10(11(14)13(17)18)12(16)15-8-6-4-5-7-9(8)19-3/h4-7,10-11H,1-3H3,(H,15,16)(H,17,18)/t10-,11+/m0/s1. The lowest BCUT2D eigenvalue weighted by Gasteiger charge is -2.10. The number of hydrogen-bond donors (Lipinski definition) is 2. The third-order valence-corrected chi connectivity index (χ3v) is 3.74. The molecular formula is C14H17NO4. The zero-order valence-electron chi connectivity index (χ0n) is 11.1. The highest BCUT2D eigenvalue weighted by atomic mass is 16.5. The number of methoxy groups -OCH3 is 1. The van der Waals surface area contributed by atoms with Crippen LogP contribution in [0.3, 0.4) is 0 Å². The van der Waals surface area contributed by atoms with E-state index in [-0.39, 0.29) is 5.91 Å². The van der Waals surface area contributed by atoms with Crippen molar-refractivity contribution >= 4 is 17.6 Å². The highest BCUT2D eigenvalue weighted by Crippen LogP contribution is 2.58. The number of ether oxygens (including phenoxy) is 1. The van der Waals surface area contributed by atoms with E-state index in [1.165, 1.54) is 7.11 Å². The second-order valence-electron chi connectivity index (χ2n) is 5.30. The molecule has 1 aromatic carbocycles. The summed E-state index contributed by atoms with van der Waals surface area (Å²) in [6.45, 7) is 3.58. The molecule has 0 radical (unpaired) electrons. The number of anilines is 1. The fourth-order valence-electron chi connectivity index (χ4n) is 2.55. The summed E-state index contributed by atoms with van der Waals surface area (Å²) in [5.74, 6) is -1.77. The van der Waals surface area contributed by atoms with Crippen LogP contribution >= 0.6 is 0 Å². The number of rotatable bonds is 4. The smallest absolute Gasteiger partial charge is 0.307 e. The van der Waals surface area contributed by atoms with Crippen LogP contribution in [0.2, 0.25) is 0 Å². The fraction of sp³-hybridized carbons (Fsp3) is 0.429. The Hall–Kier alpha value is -2.04. The molecule has 5 heteroatoms. The van der Waals surface area contributed by atoms with Gasteiger partial charge in [-0.15, -0.1) is 0 Å². The summed E-state index contributed by atoms with van der Waals surface area (Å²) in [4.78, 5) is 23.2. The predicted octanol–water partition coefficient (Wildman–Crippen LogP) is 1.99. The molecule has 1 saturated carbocycles. The monoisotopic (exact) mass is 263 g/mol. The fourth-order valence-corrected chi connectivity index (χ4v) is 2.55. The molecule has 2 rings (SSSR count). The number of carbonyl (C=O) groups excluding carboxylic acids is 1. The molecule has 1 amide bonds. The number of carbonyl (C=O) groups is 2. The van der Waals surface area contributed by atoms with E-state index in [4.69, 9.17) is 9.84 Å². The molecule has 1 aromatic rings. The molecule has 0 bridgehead atoms. The molecule has 5 nitrogen and oxygen atoms in total. The summed E-state index contributed by atoms with van der Waals surface area (Å²) in [6.07, 6.45) is 0. The minimum Gasteiger partial charge on any atom is -0.495 e. The average Bonchev–Trinajstić information content (AvgIpc) is 2.93. The molecule has 2 atom stereocenters. The van der Waals surface area contributed by atoms with Crippen molar-refractivity contribution in [3.05, 3.63) is 24.3 Å². The lowest BCUT2D eigenvalue weighted by atomic mass is 10.1. The summed E-state index contributed by atoms with van der Waals surface area (Å²) in [5, 5.41) is 11.8. The summed E-state index contributed by atoms with van der Waals surface area (Å²) in [6, 6.07) is 7.05. The maximum Gasteiger partial charge on any atom is 0.307 e. The maximum atomic E-state index is 12.1. The first-order valence-corrected chi connectivity index (χ1v) is 6.06. The Morgan fingerprint density at radius 1 is 1.26 bits per heavy atom. The van der Waals surface area contributed by atoms with Crippen molar-refractivity contribution in [3.8, 4) is 5.75 Å². The molecule has 0 heterocycles. The number of benzene rings is 1. The van der Waals surface area contributed by atoms with Crippen molar-refractivity contribution in [1.29, 1.82) is 0 Å². The number of carboxylic acid groups (broad SMARTS) is 1. The Morgan fingerprint density at radius 3 is 2.42 bits per heavy atom. The molecule has 0 unspecified atom stereocenters. The van der Waals surface area contributed by atoms with Crippen molar-refractivity contribution in [2.24, 2.45) is 17.3 Å². The van der Waals surface area contributed by atoms with E-state index < -0.39 is 23.2 Å². The first-order chi connectivity index (χ1) is 8.89. The van der Waals surface area contributed by atoms with Gasteiger partial charge in [-0.3, -0.25) is 9.59 Å². The first-order valence-electron chi connectivity index (χ1n) is 6.06. The van der Waals surface area contributed by atoms with Crippen LogP contribution in [0.5, 0.6) is 5.75 Å². The predicted molar refractivity (Wildman–Crippen MR) is 70.0 cm³/mol. The van der Waals surface area contributed by atoms with Crippen LogP contribution in [-0.2, 0) is 9.59 Å². The molecule has 1 fully saturated rings. The molecule has 1 aliphatic carbocycles. The minimum absolute atomic E-state index is 0.276. The number of amides is 1. The molecule has 0 aliphatic heterocycles. The van der Waals surface area contributed by atoms with E-state index >= 15 is 0 Å². The van der Waals surface area contributed by atoms with Gasteiger partial charge in [-0.2, -0.15) is 0 Å². The van der Waals surface area contributed by atoms with Crippen molar-refractivity contribution in [2.45, 2.75) is 13.8 Å². The van der Waals surface area contributed by atoms with Crippen LogP contribution in [-0.4, -0.2) is 24.1 Å². The number of para-hydroxylation sites is 2. The Morgan fingerprint density at radius 2 is 1.89 bits per heavy atom.